The highest BCUT2D eigenvalue weighted by atomic mass is 16.5. The van der Waals surface area contributed by atoms with Crippen LogP contribution in [0.3, 0.4) is 0 Å². The van der Waals surface area contributed by atoms with Gasteiger partial charge in [-0.1, -0.05) is 19.3 Å². The molecule has 8 nitrogen and oxygen atoms in total. The number of ether oxygens (including phenoxy) is 1. The molecule has 31 heavy (non-hydrogen) atoms. The standard InChI is InChI=1S/C23H30N6O2/c1-2-31-18-10-11-20-16(14-18)15-19(23(30)24-20)21(28-12-6-7-13-28)22-25-26-27-29(22)17-8-4-3-5-9-17/h10-11,14-15,17,21H,2-9,12-13H2,1H3,(H,24,30). The van der Waals surface area contributed by atoms with Crippen molar-refractivity contribution in [1.29, 1.82) is 0 Å². The molecule has 2 aromatic heterocycles. The summed E-state index contributed by atoms with van der Waals surface area (Å²) in [6, 6.07) is 7.85. The second-order valence-corrected chi connectivity index (χ2v) is 8.65. The summed E-state index contributed by atoms with van der Waals surface area (Å²) in [5.41, 5.74) is 1.44. The van der Waals surface area contributed by atoms with Gasteiger partial charge in [0, 0.05) is 16.5 Å². The Kier molecular flexibility index (Phi) is 5.72. The van der Waals surface area contributed by atoms with Crippen molar-refractivity contribution in [3.63, 3.8) is 0 Å². The monoisotopic (exact) mass is 422 g/mol. The molecule has 3 aromatic rings. The highest BCUT2D eigenvalue weighted by Gasteiger charge is 2.33. The average molecular weight is 423 g/mol. The van der Waals surface area contributed by atoms with E-state index in [1.54, 1.807) is 0 Å². The largest absolute Gasteiger partial charge is 0.494 e. The van der Waals surface area contributed by atoms with Gasteiger partial charge < -0.3 is 9.72 Å². The molecule has 0 radical (unpaired) electrons. The van der Waals surface area contributed by atoms with Crippen LogP contribution in [0.4, 0.5) is 0 Å². The molecule has 1 N–H and O–H groups in total. The van der Waals surface area contributed by atoms with E-state index >= 15 is 0 Å². The molecule has 164 valence electrons. The highest BCUT2D eigenvalue weighted by molar-refractivity contribution is 5.80. The summed E-state index contributed by atoms with van der Waals surface area (Å²) in [5.74, 6) is 1.59. The average Bonchev–Trinajstić information content (AvgIpc) is 3.48. The van der Waals surface area contributed by atoms with Gasteiger partial charge in [-0.15, -0.1) is 5.10 Å². The van der Waals surface area contributed by atoms with Gasteiger partial charge in [-0.25, -0.2) is 4.68 Å². The van der Waals surface area contributed by atoms with Gasteiger partial charge in [0.2, 0.25) is 0 Å². The molecule has 0 amide bonds. The zero-order valence-electron chi connectivity index (χ0n) is 18.1. The predicted octanol–water partition coefficient (Wildman–Crippen LogP) is 3.60. The molecule has 1 saturated carbocycles. The third kappa shape index (κ3) is 3.96. The molecule has 5 rings (SSSR count). The zero-order valence-corrected chi connectivity index (χ0v) is 18.1. The first-order valence-corrected chi connectivity index (χ1v) is 11.6. The summed E-state index contributed by atoms with van der Waals surface area (Å²) in [7, 11) is 0. The van der Waals surface area contributed by atoms with Crippen molar-refractivity contribution >= 4 is 10.9 Å². The Morgan fingerprint density at radius 3 is 2.71 bits per heavy atom. The number of tetrazole rings is 1. The normalized spacial score (nSPS) is 19.1. The van der Waals surface area contributed by atoms with E-state index < -0.39 is 0 Å². The molecule has 1 aliphatic heterocycles. The minimum absolute atomic E-state index is 0.0771. The van der Waals surface area contributed by atoms with E-state index in [9.17, 15) is 4.79 Å². The maximum atomic E-state index is 13.2. The van der Waals surface area contributed by atoms with Crippen LogP contribution in [0, 0.1) is 0 Å². The quantitative estimate of drug-likeness (QED) is 0.653. The summed E-state index contributed by atoms with van der Waals surface area (Å²) in [4.78, 5) is 18.7. The number of aromatic nitrogens is 5. The highest BCUT2D eigenvalue weighted by Crippen LogP contribution is 2.34. The summed E-state index contributed by atoms with van der Waals surface area (Å²) >= 11 is 0. The Morgan fingerprint density at radius 2 is 1.94 bits per heavy atom. The fourth-order valence-corrected chi connectivity index (χ4v) is 5.13. The van der Waals surface area contributed by atoms with Crippen molar-refractivity contribution < 1.29 is 4.74 Å². The van der Waals surface area contributed by atoms with E-state index in [4.69, 9.17) is 4.74 Å². The number of nitrogens with zero attached hydrogens (tertiary/aromatic N) is 5. The number of pyridine rings is 1. The molecule has 1 atom stereocenters. The van der Waals surface area contributed by atoms with Gasteiger partial charge in [-0.05, 0) is 80.4 Å². The van der Waals surface area contributed by atoms with Crippen LogP contribution in [-0.4, -0.2) is 49.8 Å². The summed E-state index contributed by atoms with van der Waals surface area (Å²) < 4.78 is 7.68. The molecular weight excluding hydrogens is 392 g/mol. The van der Waals surface area contributed by atoms with Crippen molar-refractivity contribution in [3.05, 3.63) is 46.0 Å². The molecule has 1 aliphatic carbocycles. The predicted molar refractivity (Wildman–Crippen MR) is 118 cm³/mol. The number of fused-ring (bicyclic) bond motifs is 1. The number of nitrogens with one attached hydrogen (secondary N) is 1. The third-order valence-electron chi connectivity index (χ3n) is 6.64. The van der Waals surface area contributed by atoms with Gasteiger partial charge >= 0.3 is 0 Å². The lowest BCUT2D eigenvalue weighted by Gasteiger charge is -2.29. The number of benzene rings is 1. The number of likely N-dealkylation sites (tertiary alicyclic amines) is 1. The lowest BCUT2D eigenvalue weighted by atomic mass is 9.95. The molecule has 1 saturated heterocycles. The van der Waals surface area contributed by atoms with Crippen molar-refractivity contribution in [1.82, 2.24) is 30.1 Å². The Bertz CT molecular complexity index is 1090. The van der Waals surface area contributed by atoms with Gasteiger partial charge in [0.1, 0.15) is 11.8 Å². The molecule has 0 spiro atoms. The van der Waals surface area contributed by atoms with Crippen LogP contribution in [0.2, 0.25) is 0 Å². The maximum absolute atomic E-state index is 13.2. The number of aromatic amines is 1. The van der Waals surface area contributed by atoms with Crippen molar-refractivity contribution in [2.75, 3.05) is 19.7 Å². The lowest BCUT2D eigenvalue weighted by molar-refractivity contribution is 0.243. The lowest BCUT2D eigenvalue weighted by Crippen LogP contribution is -2.34. The van der Waals surface area contributed by atoms with Crippen LogP contribution >= 0.6 is 0 Å². The fraction of sp³-hybridized carbons (Fsp3) is 0.565. The number of hydrogen-bond donors (Lipinski definition) is 1. The van der Waals surface area contributed by atoms with Crippen LogP contribution in [0.15, 0.2) is 29.1 Å². The van der Waals surface area contributed by atoms with E-state index in [-0.39, 0.29) is 11.6 Å². The Balaban J connectivity index is 1.61. The van der Waals surface area contributed by atoms with Crippen LogP contribution in [0.5, 0.6) is 5.75 Å². The Morgan fingerprint density at radius 1 is 1.13 bits per heavy atom. The number of H-pyrrole nitrogens is 1. The van der Waals surface area contributed by atoms with Gasteiger partial charge in [0.15, 0.2) is 5.82 Å². The summed E-state index contributed by atoms with van der Waals surface area (Å²) in [6.45, 7) is 4.46. The third-order valence-corrected chi connectivity index (χ3v) is 6.64. The number of rotatable bonds is 6. The fourth-order valence-electron chi connectivity index (χ4n) is 5.13. The van der Waals surface area contributed by atoms with E-state index in [0.717, 1.165) is 61.2 Å². The van der Waals surface area contributed by atoms with Crippen molar-refractivity contribution in [2.45, 2.75) is 64.0 Å². The van der Waals surface area contributed by atoms with E-state index in [2.05, 4.69) is 25.4 Å². The molecule has 3 heterocycles. The Hall–Kier alpha value is -2.74. The van der Waals surface area contributed by atoms with Crippen LogP contribution in [0.1, 0.15) is 75.3 Å². The van der Waals surface area contributed by atoms with Gasteiger partial charge in [0.25, 0.3) is 5.56 Å². The molecule has 2 aliphatic rings. The van der Waals surface area contributed by atoms with E-state index in [0.29, 0.717) is 18.2 Å². The van der Waals surface area contributed by atoms with Gasteiger partial charge in [0.05, 0.1) is 12.6 Å². The minimum Gasteiger partial charge on any atom is -0.494 e. The first kappa shape index (κ1) is 20.2. The van der Waals surface area contributed by atoms with Crippen LogP contribution < -0.4 is 10.3 Å². The molecule has 0 bridgehead atoms. The second kappa shape index (κ2) is 8.78. The molecular formula is C23H30N6O2. The molecule has 1 aromatic carbocycles. The van der Waals surface area contributed by atoms with Crippen molar-refractivity contribution in [2.24, 2.45) is 0 Å². The first-order valence-electron chi connectivity index (χ1n) is 11.6. The van der Waals surface area contributed by atoms with Gasteiger partial charge in [-0.2, -0.15) is 0 Å². The zero-order chi connectivity index (χ0) is 21.2. The van der Waals surface area contributed by atoms with Crippen LogP contribution in [0.25, 0.3) is 10.9 Å². The maximum Gasteiger partial charge on any atom is 0.253 e. The summed E-state index contributed by atoms with van der Waals surface area (Å²) in [5, 5.41) is 13.9. The number of hydrogen-bond acceptors (Lipinski definition) is 6. The molecule has 1 unspecified atom stereocenters. The molecule has 8 heteroatoms. The molecule has 2 fully saturated rings. The van der Waals surface area contributed by atoms with Crippen LogP contribution in [-0.2, 0) is 0 Å². The smallest absolute Gasteiger partial charge is 0.253 e. The van der Waals surface area contributed by atoms with E-state index in [1.165, 1.54) is 19.3 Å². The Labute approximate surface area is 181 Å². The first-order chi connectivity index (χ1) is 15.2. The van der Waals surface area contributed by atoms with Gasteiger partial charge in [-0.3, -0.25) is 9.69 Å². The topological polar surface area (TPSA) is 88.9 Å². The minimum atomic E-state index is -0.247. The summed E-state index contributed by atoms with van der Waals surface area (Å²) in [6.07, 6.45) is 8.12. The SMILES string of the molecule is CCOc1ccc2[nH]c(=O)c(C(c3nnnn3C3CCCCC3)N3CCCC3)cc2c1. The van der Waals surface area contributed by atoms with Crippen molar-refractivity contribution in [3.8, 4) is 5.75 Å². The van der Waals surface area contributed by atoms with E-state index in [1.807, 2.05) is 35.9 Å². The second-order valence-electron chi connectivity index (χ2n) is 8.65.